The van der Waals surface area contributed by atoms with Gasteiger partial charge < -0.3 is 9.05 Å². The van der Waals surface area contributed by atoms with Crippen molar-refractivity contribution < 1.29 is 13.6 Å². The zero-order valence-electron chi connectivity index (χ0n) is 10.4. The first-order valence-corrected chi connectivity index (χ1v) is 7.72. The maximum absolute atomic E-state index is 12.3. The van der Waals surface area contributed by atoms with Crippen LogP contribution in [-0.2, 0) is 19.8 Å². The maximum Gasteiger partial charge on any atom is 0.335 e. The van der Waals surface area contributed by atoms with E-state index < -0.39 is 7.60 Å². The molecule has 0 aromatic heterocycles. The lowest BCUT2D eigenvalue weighted by Crippen LogP contribution is -1.99. The summed E-state index contributed by atoms with van der Waals surface area (Å²) in [6.07, 6.45) is 0.110. The molecule has 0 spiro atoms. The molecule has 18 heavy (non-hydrogen) atoms. The topological polar surface area (TPSA) is 59.3 Å². The molecule has 0 radical (unpaired) electrons. The van der Waals surface area contributed by atoms with Crippen molar-refractivity contribution in [3.8, 4) is 6.07 Å². The van der Waals surface area contributed by atoms with Gasteiger partial charge in [-0.15, -0.1) is 0 Å². The van der Waals surface area contributed by atoms with Crippen LogP contribution in [-0.4, -0.2) is 13.2 Å². The van der Waals surface area contributed by atoms with E-state index >= 15 is 0 Å². The van der Waals surface area contributed by atoms with Gasteiger partial charge in [0.1, 0.15) is 0 Å². The molecular weight excluding hydrogens is 273 g/mol. The highest BCUT2D eigenvalue weighted by molar-refractivity contribution is 7.53. The van der Waals surface area contributed by atoms with E-state index in [0.29, 0.717) is 29.4 Å². The molecule has 0 amide bonds. The molecular formula is C12H15ClNO3P. The Morgan fingerprint density at radius 1 is 1.33 bits per heavy atom. The summed E-state index contributed by atoms with van der Waals surface area (Å²) >= 11 is 6.03. The molecule has 0 fully saturated rings. The molecule has 1 aromatic carbocycles. The molecule has 0 heterocycles. The van der Waals surface area contributed by atoms with Gasteiger partial charge in [-0.05, 0) is 31.5 Å². The minimum atomic E-state index is -3.16. The number of nitrogens with zero attached hydrogens (tertiary/aromatic N) is 1. The summed E-state index contributed by atoms with van der Waals surface area (Å²) in [6.45, 7) is 4.13. The summed E-state index contributed by atoms with van der Waals surface area (Å²) in [4.78, 5) is 0. The summed E-state index contributed by atoms with van der Waals surface area (Å²) < 4.78 is 22.7. The second-order valence-corrected chi connectivity index (χ2v) is 5.98. The zero-order valence-corrected chi connectivity index (χ0v) is 12.0. The Morgan fingerprint density at radius 2 is 1.94 bits per heavy atom. The Kier molecular flexibility index (Phi) is 5.84. The van der Waals surface area contributed by atoms with Gasteiger partial charge in [-0.25, -0.2) is 0 Å². The molecule has 0 aliphatic heterocycles. The molecule has 0 unspecified atom stereocenters. The van der Waals surface area contributed by atoms with Crippen molar-refractivity contribution in [2.75, 3.05) is 13.2 Å². The normalized spacial score (nSPS) is 11.2. The van der Waals surface area contributed by atoms with Crippen molar-refractivity contribution in [3.63, 3.8) is 0 Å². The van der Waals surface area contributed by atoms with Gasteiger partial charge in [-0.2, -0.15) is 5.26 Å². The van der Waals surface area contributed by atoms with E-state index in [2.05, 4.69) is 0 Å². The number of rotatable bonds is 6. The minimum absolute atomic E-state index is 0.110. The fraction of sp³-hybridized carbons (Fsp3) is 0.417. The SMILES string of the molecule is CCOP(=O)(Cc1ccc(C#N)cc1Cl)OCC. The fourth-order valence-corrected chi connectivity index (χ4v) is 3.55. The third kappa shape index (κ3) is 4.12. The third-order valence-corrected chi connectivity index (χ3v) is 4.58. The van der Waals surface area contributed by atoms with Crippen LogP contribution in [0, 0.1) is 11.3 Å². The lowest BCUT2D eigenvalue weighted by molar-refractivity contribution is 0.219. The predicted molar refractivity (Wildman–Crippen MR) is 70.7 cm³/mol. The number of halogens is 1. The van der Waals surface area contributed by atoms with Crippen molar-refractivity contribution in [3.05, 3.63) is 34.3 Å². The average molecular weight is 288 g/mol. The van der Waals surface area contributed by atoms with Gasteiger partial charge in [0, 0.05) is 5.02 Å². The summed E-state index contributed by atoms with van der Waals surface area (Å²) in [7, 11) is -3.16. The van der Waals surface area contributed by atoms with Crippen LogP contribution in [0.5, 0.6) is 0 Å². The minimum Gasteiger partial charge on any atom is -0.309 e. The van der Waals surface area contributed by atoms with Gasteiger partial charge in [0.15, 0.2) is 0 Å². The van der Waals surface area contributed by atoms with Crippen LogP contribution in [0.4, 0.5) is 0 Å². The van der Waals surface area contributed by atoms with E-state index in [1.165, 1.54) is 0 Å². The van der Waals surface area contributed by atoms with Crippen LogP contribution < -0.4 is 0 Å². The first-order valence-electron chi connectivity index (χ1n) is 5.61. The number of nitriles is 1. The maximum atomic E-state index is 12.3. The van der Waals surface area contributed by atoms with Crippen molar-refractivity contribution in [2.24, 2.45) is 0 Å². The number of benzene rings is 1. The summed E-state index contributed by atoms with van der Waals surface area (Å²) in [5, 5.41) is 9.14. The van der Waals surface area contributed by atoms with Gasteiger partial charge in [-0.3, -0.25) is 4.57 Å². The molecule has 0 aliphatic rings. The molecule has 0 N–H and O–H groups in total. The van der Waals surface area contributed by atoms with E-state index in [4.69, 9.17) is 25.9 Å². The monoisotopic (exact) mass is 287 g/mol. The fourth-order valence-electron chi connectivity index (χ4n) is 1.48. The van der Waals surface area contributed by atoms with Crippen molar-refractivity contribution in [1.82, 2.24) is 0 Å². The van der Waals surface area contributed by atoms with Crippen LogP contribution in [0.2, 0.25) is 5.02 Å². The summed E-state index contributed by atoms with van der Waals surface area (Å²) in [6, 6.07) is 6.83. The van der Waals surface area contributed by atoms with E-state index in [0.717, 1.165) is 0 Å². The first kappa shape index (κ1) is 15.2. The molecule has 1 rings (SSSR count). The molecule has 0 bridgehead atoms. The highest BCUT2D eigenvalue weighted by Crippen LogP contribution is 2.52. The van der Waals surface area contributed by atoms with Gasteiger partial charge in [0.2, 0.25) is 0 Å². The number of hydrogen-bond donors (Lipinski definition) is 0. The number of hydrogen-bond acceptors (Lipinski definition) is 4. The second-order valence-electron chi connectivity index (χ2n) is 3.52. The van der Waals surface area contributed by atoms with E-state index in [9.17, 15) is 4.57 Å². The predicted octanol–water partition coefficient (Wildman–Crippen LogP) is 3.98. The van der Waals surface area contributed by atoms with Crippen LogP contribution in [0.1, 0.15) is 25.0 Å². The van der Waals surface area contributed by atoms with Gasteiger partial charge in [-0.1, -0.05) is 17.7 Å². The highest BCUT2D eigenvalue weighted by atomic mass is 35.5. The second kappa shape index (κ2) is 6.92. The van der Waals surface area contributed by atoms with Crippen LogP contribution >= 0.6 is 19.2 Å². The molecule has 0 atom stereocenters. The van der Waals surface area contributed by atoms with Crippen molar-refractivity contribution in [1.29, 1.82) is 5.26 Å². The van der Waals surface area contributed by atoms with Crippen molar-refractivity contribution in [2.45, 2.75) is 20.0 Å². The molecule has 4 nitrogen and oxygen atoms in total. The Hall–Kier alpha value is -0.850. The van der Waals surface area contributed by atoms with Gasteiger partial charge >= 0.3 is 7.60 Å². The molecule has 0 saturated heterocycles. The highest BCUT2D eigenvalue weighted by Gasteiger charge is 2.25. The Balaban J connectivity index is 2.95. The van der Waals surface area contributed by atoms with E-state index in [1.807, 2.05) is 6.07 Å². The summed E-state index contributed by atoms with van der Waals surface area (Å²) in [5.74, 6) is 0. The lowest BCUT2D eigenvalue weighted by atomic mass is 10.2. The average Bonchev–Trinajstić information content (AvgIpc) is 2.32. The zero-order chi connectivity index (χ0) is 13.6. The Bertz CT molecular complexity index is 489. The van der Waals surface area contributed by atoms with E-state index in [1.54, 1.807) is 32.0 Å². The smallest absolute Gasteiger partial charge is 0.309 e. The molecule has 98 valence electrons. The van der Waals surface area contributed by atoms with Gasteiger partial charge in [0.05, 0.1) is 31.0 Å². The molecule has 0 saturated carbocycles. The van der Waals surface area contributed by atoms with Crippen LogP contribution in [0.3, 0.4) is 0 Å². The molecule has 6 heteroatoms. The third-order valence-electron chi connectivity index (χ3n) is 2.20. The summed E-state index contributed by atoms with van der Waals surface area (Å²) in [5.41, 5.74) is 1.12. The lowest BCUT2D eigenvalue weighted by Gasteiger charge is -2.17. The van der Waals surface area contributed by atoms with Gasteiger partial charge in [0.25, 0.3) is 0 Å². The van der Waals surface area contributed by atoms with Crippen LogP contribution in [0.15, 0.2) is 18.2 Å². The molecule has 1 aromatic rings. The largest absolute Gasteiger partial charge is 0.335 e. The van der Waals surface area contributed by atoms with Crippen LogP contribution in [0.25, 0.3) is 0 Å². The Labute approximate surface area is 112 Å². The quantitative estimate of drug-likeness (QED) is 0.743. The Morgan fingerprint density at radius 3 is 2.39 bits per heavy atom. The first-order chi connectivity index (χ1) is 8.54. The van der Waals surface area contributed by atoms with Crippen molar-refractivity contribution >= 4 is 19.2 Å². The standard InChI is InChI=1S/C12H15ClNO3P/c1-3-16-18(15,17-4-2)9-11-6-5-10(8-14)7-12(11)13/h5-7H,3-4,9H2,1-2H3. The molecule has 0 aliphatic carbocycles. The van der Waals surface area contributed by atoms with E-state index in [-0.39, 0.29) is 6.16 Å².